The molecule has 0 bridgehead atoms. The molecular formula is C27H35N5O6. The number of hydrogen-bond donors (Lipinski definition) is 2. The average Bonchev–Trinajstić information content (AvgIpc) is 2.88. The summed E-state index contributed by atoms with van der Waals surface area (Å²) in [6, 6.07) is 10.6. The van der Waals surface area contributed by atoms with E-state index >= 15 is 0 Å². The highest BCUT2D eigenvalue weighted by molar-refractivity contribution is 5.77. The van der Waals surface area contributed by atoms with E-state index in [1.165, 1.54) is 12.1 Å². The fourth-order valence-electron chi connectivity index (χ4n) is 5.30. The molecule has 0 atom stereocenters. The number of anilines is 2. The summed E-state index contributed by atoms with van der Waals surface area (Å²) in [5, 5.41) is 28.9. The number of carbonyl (C=O) groups excluding carboxylic acids is 1. The zero-order chi connectivity index (χ0) is 27.2. The number of hydrogen-bond acceptors (Lipinski definition) is 8. The van der Waals surface area contributed by atoms with Crippen molar-refractivity contribution >= 4 is 28.7 Å². The Kier molecular flexibility index (Phi) is 8.77. The third-order valence-electron chi connectivity index (χ3n) is 7.49. The van der Waals surface area contributed by atoms with Crippen molar-refractivity contribution in [2.45, 2.75) is 70.6 Å². The Morgan fingerprint density at radius 1 is 0.842 bits per heavy atom. The number of nitro benzene ring substituents is 2. The van der Waals surface area contributed by atoms with Crippen molar-refractivity contribution in [3.8, 4) is 0 Å². The number of nitro groups is 2. The summed E-state index contributed by atoms with van der Waals surface area (Å²) in [5.41, 5.74) is 3.23. The molecule has 4 rings (SSSR count). The molecule has 1 saturated carbocycles. The van der Waals surface area contributed by atoms with Crippen LogP contribution in [0, 0.1) is 34.1 Å². The Labute approximate surface area is 221 Å². The van der Waals surface area contributed by atoms with Crippen LogP contribution in [-0.2, 0) is 9.53 Å². The fourth-order valence-corrected chi connectivity index (χ4v) is 5.30. The molecule has 2 N–H and O–H groups in total. The summed E-state index contributed by atoms with van der Waals surface area (Å²) < 4.78 is 5.96. The molecule has 1 aliphatic heterocycles. The minimum Gasteiger partial charge on any atom is -0.382 e. The maximum Gasteiger partial charge on any atom is 0.272 e. The van der Waals surface area contributed by atoms with E-state index in [0.29, 0.717) is 24.2 Å². The molecule has 2 aromatic rings. The van der Waals surface area contributed by atoms with E-state index in [0.717, 1.165) is 49.9 Å². The zero-order valence-electron chi connectivity index (χ0n) is 21.9. The first-order valence-corrected chi connectivity index (χ1v) is 13.1. The monoisotopic (exact) mass is 525 g/mol. The van der Waals surface area contributed by atoms with Gasteiger partial charge in [-0.05, 0) is 76.6 Å². The van der Waals surface area contributed by atoms with Crippen LogP contribution < -0.4 is 10.6 Å². The first-order chi connectivity index (χ1) is 18.2. The largest absolute Gasteiger partial charge is 0.382 e. The van der Waals surface area contributed by atoms with E-state index in [2.05, 4.69) is 10.6 Å². The maximum atomic E-state index is 12.7. The summed E-state index contributed by atoms with van der Waals surface area (Å²) >= 11 is 0. The Bertz CT molecular complexity index is 1170. The van der Waals surface area contributed by atoms with Crippen LogP contribution in [0.25, 0.3) is 0 Å². The highest BCUT2D eigenvalue weighted by Gasteiger charge is 2.26. The van der Waals surface area contributed by atoms with Gasteiger partial charge in [0.1, 0.15) is 6.61 Å². The van der Waals surface area contributed by atoms with Gasteiger partial charge in [0.25, 0.3) is 11.4 Å². The fraction of sp³-hybridized carbons (Fsp3) is 0.519. The van der Waals surface area contributed by atoms with E-state index in [-0.39, 0.29) is 51.9 Å². The SMILES string of the molecule is Cc1cc(NC2CCC(OCC(=O)N3CCC(Nc4ccc([N+](=O)[O-])c(C)c4)CC3)CC2)ccc1[N+](=O)[O-]. The second-order valence-corrected chi connectivity index (χ2v) is 10.2. The van der Waals surface area contributed by atoms with Gasteiger partial charge in [0.05, 0.1) is 16.0 Å². The van der Waals surface area contributed by atoms with Crippen LogP contribution in [0.4, 0.5) is 22.7 Å². The lowest BCUT2D eigenvalue weighted by atomic mass is 9.92. The first-order valence-electron chi connectivity index (χ1n) is 13.1. The van der Waals surface area contributed by atoms with Gasteiger partial charge >= 0.3 is 0 Å². The van der Waals surface area contributed by atoms with Gasteiger partial charge in [-0.3, -0.25) is 25.0 Å². The van der Waals surface area contributed by atoms with E-state index in [1.807, 2.05) is 11.0 Å². The normalized spacial score (nSPS) is 20.1. The lowest BCUT2D eigenvalue weighted by Crippen LogP contribution is -2.44. The topological polar surface area (TPSA) is 140 Å². The second kappa shape index (κ2) is 12.2. The van der Waals surface area contributed by atoms with Crippen LogP contribution in [0.5, 0.6) is 0 Å². The number of rotatable bonds is 9. The van der Waals surface area contributed by atoms with Crippen LogP contribution in [0.15, 0.2) is 36.4 Å². The summed E-state index contributed by atoms with van der Waals surface area (Å²) in [4.78, 5) is 35.8. The number of amides is 1. The van der Waals surface area contributed by atoms with E-state index in [4.69, 9.17) is 4.74 Å². The smallest absolute Gasteiger partial charge is 0.272 e. The van der Waals surface area contributed by atoms with Gasteiger partial charge < -0.3 is 20.3 Å². The predicted molar refractivity (Wildman–Crippen MR) is 145 cm³/mol. The Morgan fingerprint density at radius 2 is 1.32 bits per heavy atom. The lowest BCUT2D eigenvalue weighted by Gasteiger charge is -2.34. The van der Waals surface area contributed by atoms with Crippen LogP contribution >= 0.6 is 0 Å². The van der Waals surface area contributed by atoms with Gasteiger partial charge in [-0.1, -0.05) is 0 Å². The number of ether oxygens (including phenoxy) is 1. The van der Waals surface area contributed by atoms with Crippen molar-refractivity contribution < 1.29 is 19.4 Å². The van der Waals surface area contributed by atoms with Gasteiger partial charge in [-0.15, -0.1) is 0 Å². The molecule has 1 amide bonds. The Hall–Kier alpha value is -3.73. The molecule has 0 radical (unpaired) electrons. The minimum absolute atomic E-state index is 0.0104. The number of nitrogens with zero attached hydrogens (tertiary/aromatic N) is 3. The van der Waals surface area contributed by atoms with E-state index < -0.39 is 0 Å². The summed E-state index contributed by atoms with van der Waals surface area (Å²) in [5.74, 6) is 0.0104. The molecule has 11 nitrogen and oxygen atoms in total. The third-order valence-corrected chi connectivity index (χ3v) is 7.49. The summed E-state index contributed by atoms with van der Waals surface area (Å²) in [6.07, 6.45) is 5.21. The number of carbonyl (C=O) groups is 1. The van der Waals surface area contributed by atoms with Gasteiger partial charge in [0.15, 0.2) is 0 Å². The standard InChI is InChI=1S/C27H35N5O6/c1-18-15-22(5-9-25(18)31(34)35)28-20-3-7-24(8-4-20)38-17-27(33)30-13-11-21(12-14-30)29-23-6-10-26(32(36)37)19(2)16-23/h5-6,9-10,15-16,20-21,24,28-29H,3-4,7-8,11-14,17H2,1-2H3. The molecule has 1 saturated heterocycles. The van der Waals surface area contributed by atoms with E-state index in [1.54, 1.807) is 32.0 Å². The molecule has 2 aliphatic rings. The lowest BCUT2D eigenvalue weighted by molar-refractivity contribution is -0.385. The molecule has 0 aromatic heterocycles. The molecule has 1 heterocycles. The van der Waals surface area contributed by atoms with Crippen LogP contribution in [-0.4, -0.2) is 58.5 Å². The number of likely N-dealkylation sites (tertiary alicyclic amines) is 1. The van der Waals surface area contributed by atoms with Crippen molar-refractivity contribution in [1.29, 1.82) is 0 Å². The van der Waals surface area contributed by atoms with Gasteiger partial charge in [-0.2, -0.15) is 0 Å². The van der Waals surface area contributed by atoms with Gasteiger partial charge in [0, 0.05) is 59.8 Å². The predicted octanol–water partition coefficient (Wildman–Crippen LogP) is 4.96. The minimum atomic E-state index is -0.378. The third kappa shape index (κ3) is 6.97. The first kappa shape index (κ1) is 27.3. The van der Waals surface area contributed by atoms with Crippen molar-refractivity contribution in [2.75, 3.05) is 30.3 Å². The average molecular weight is 526 g/mol. The number of benzene rings is 2. The number of nitrogens with one attached hydrogen (secondary N) is 2. The molecule has 1 aliphatic carbocycles. The van der Waals surface area contributed by atoms with Gasteiger partial charge in [-0.25, -0.2) is 0 Å². The maximum absolute atomic E-state index is 12.7. The Balaban J connectivity index is 1.15. The van der Waals surface area contributed by atoms with Crippen LogP contribution in [0.1, 0.15) is 49.7 Å². The molecule has 38 heavy (non-hydrogen) atoms. The Morgan fingerprint density at radius 3 is 1.76 bits per heavy atom. The highest BCUT2D eigenvalue weighted by atomic mass is 16.6. The van der Waals surface area contributed by atoms with Crippen molar-refractivity contribution in [2.24, 2.45) is 0 Å². The zero-order valence-corrected chi connectivity index (χ0v) is 21.9. The molecule has 2 fully saturated rings. The molecule has 0 spiro atoms. The van der Waals surface area contributed by atoms with Crippen molar-refractivity contribution in [3.05, 3.63) is 67.8 Å². The molecule has 2 aromatic carbocycles. The van der Waals surface area contributed by atoms with Gasteiger partial charge in [0.2, 0.25) is 5.91 Å². The number of piperidine rings is 1. The molecule has 11 heteroatoms. The summed E-state index contributed by atoms with van der Waals surface area (Å²) in [6.45, 7) is 4.86. The van der Waals surface area contributed by atoms with Crippen LogP contribution in [0.2, 0.25) is 0 Å². The molecular weight excluding hydrogens is 490 g/mol. The van der Waals surface area contributed by atoms with E-state index in [9.17, 15) is 25.0 Å². The summed E-state index contributed by atoms with van der Waals surface area (Å²) in [7, 11) is 0. The molecule has 0 unspecified atom stereocenters. The van der Waals surface area contributed by atoms with Crippen LogP contribution in [0.3, 0.4) is 0 Å². The highest BCUT2D eigenvalue weighted by Crippen LogP contribution is 2.27. The molecule has 204 valence electrons. The van der Waals surface area contributed by atoms with Crippen molar-refractivity contribution in [1.82, 2.24) is 4.90 Å². The quantitative estimate of drug-likeness (QED) is 0.346. The van der Waals surface area contributed by atoms with Crippen molar-refractivity contribution in [3.63, 3.8) is 0 Å². The second-order valence-electron chi connectivity index (χ2n) is 10.2. The number of aryl methyl sites for hydroxylation is 2.